The number of ether oxygens (including phenoxy) is 1. The predicted molar refractivity (Wildman–Crippen MR) is 36.5 cm³/mol. The van der Waals surface area contributed by atoms with E-state index in [1.54, 1.807) is 0 Å². The summed E-state index contributed by atoms with van der Waals surface area (Å²) in [5.74, 6) is -0.535. The molecule has 0 rings (SSSR count). The van der Waals surface area contributed by atoms with Crippen molar-refractivity contribution in [1.29, 1.82) is 0 Å². The van der Waals surface area contributed by atoms with Crippen molar-refractivity contribution in [2.24, 2.45) is 0 Å². The highest BCUT2D eigenvalue weighted by atomic mass is 19.3. The van der Waals surface area contributed by atoms with Crippen molar-refractivity contribution in [1.82, 2.24) is 0 Å². The summed E-state index contributed by atoms with van der Waals surface area (Å²) in [6, 6.07) is 0. The fraction of sp³-hybridized carbons (Fsp3) is 0.857. The second-order valence-electron chi connectivity index (χ2n) is 2.18. The zero-order valence-electron chi connectivity index (χ0n) is 6.48. The maximum absolute atomic E-state index is 11.4. The lowest BCUT2D eigenvalue weighted by Crippen LogP contribution is -2.10. The van der Waals surface area contributed by atoms with E-state index < -0.39 is 19.0 Å². The Balaban J connectivity index is 3.23. The summed E-state index contributed by atoms with van der Waals surface area (Å²) in [5.41, 5.74) is 0. The molecule has 0 radical (unpaired) electrons. The van der Waals surface area contributed by atoms with Crippen LogP contribution in [0.3, 0.4) is 0 Å². The molecular weight excluding hydrogens is 154 g/mol. The van der Waals surface area contributed by atoms with Gasteiger partial charge in [-0.05, 0) is 6.42 Å². The van der Waals surface area contributed by atoms with Crippen molar-refractivity contribution in [3.8, 4) is 0 Å². The number of unbranched alkanes of at least 4 members (excludes halogenated alkanes) is 1. The highest BCUT2D eigenvalue weighted by Crippen LogP contribution is 1.99. The standard InChI is InChI=1S/C7H12F2O2/c1-2-3-4-7(10)11-5-6(8)9/h6H,2-5H2,1H3. The smallest absolute Gasteiger partial charge is 0.305 e. The quantitative estimate of drug-likeness (QED) is 0.584. The molecule has 0 bridgehead atoms. The van der Waals surface area contributed by atoms with Gasteiger partial charge < -0.3 is 4.74 Å². The van der Waals surface area contributed by atoms with Gasteiger partial charge in [-0.15, -0.1) is 0 Å². The number of rotatable bonds is 5. The molecule has 0 unspecified atom stereocenters. The third-order valence-corrected chi connectivity index (χ3v) is 1.10. The van der Waals surface area contributed by atoms with E-state index in [-0.39, 0.29) is 6.42 Å². The molecule has 0 aliphatic heterocycles. The van der Waals surface area contributed by atoms with Gasteiger partial charge in [-0.25, -0.2) is 8.78 Å². The van der Waals surface area contributed by atoms with E-state index in [1.165, 1.54) is 0 Å². The highest BCUT2D eigenvalue weighted by Gasteiger charge is 2.06. The summed E-state index contributed by atoms with van der Waals surface area (Å²) < 4.78 is 27.1. The zero-order valence-corrected chi connectivity index (χ0v) is 6.48. The number of halogens is 2. The van der Waals surface area contributed by atoms with E-state index in [4.69, 9.17) is 0 Å². The van der Waals surface area contributed by atoms with Gasteiger partial charge in [0.2, 0.25) is 0 Å². The molecule has 0 aliphatic rings. The SMILES string of the molecule is CCCCC(=O)OCC(F)F. The molecule has 0 heterocycles. The second-order valence-corrected chi connectivity index (χ2v) is 2.18. The van der Waals surface area contributed by atoms with Gasteiger partial charge in [-0.2, -0.15) is 0 Å². The number of hydrogen-bond acceptors (Lipinski definition) is 2. The molecule has 2 nitrogen and oxygen atoms in total. The number of esters is 1. The second kappa shape index (κ2) is 6.07. The van der Waals surface area contributed by atoms with Crippen molar-refractivity contribution in [2.75, 3.05) is 6.61 Å². The van der Waals surface area contributed by atoms with E-state index in [1.807, 2.05) is 6.92 Å². The third-order valence-electron chi connectivity index (χ3n) is 1.10. The number of hydrogen-bond donors (Lipinski definition) is 0. The molecule has 0 saturated carbocycles. The lowest BCUT2D eigenvalue weighted by molar-refractivity contribution is -0.147. The molecule has 0 aliphatic carbocycles. The first-order valence-corrected chi connectivity index (χ1v) is 3.60. The van der Waals surface area contributed by atoms with Crippen LogP contribution >= 0.6 is 0 Å². The Kier molecular flexibility index (Phi) is 5.70. The Labute approximate surface area is 64.5 Å². The fourth-order valence-corrected chi connectivity index (χ4v) is 0.549. The molecular formula is C7H12F2O2. The zero-order chi connectivity index (χ0) is 8.69. The first kappa shape index (κ1) is 10.3. The fourth-order valence-electron chi connectivity index (χ4n) is 0.549. The van der Waals surface area contributed by atoms with Gasteiger partial charge in [0.25, 0.3) is 6.43 Å². The Morgan fingerprint density at radius 1 is 1.55 bits per heavy atom. The molecule has 0 atom stereocenters. The lowest BCUT2D eigenvalue weighted by atomic mass is 10.2. The molecule has 0 saturated heterocycles. The topological polar surface area (TPSA) is 26.3 Å². The lowest BCUT2D eigenvalue weighted by Gasteiger charge is -2.01. The average molecular weight is 166 g/mol. The predicted octanol–water partition coefficient (Wildman–Crippen LogP) is 1.98. The minimum absolute atomic E-state index is 0.239. The van der Waals surface area contributed by atoms with Crippen LogP contribution in [0.5, 0.6) is 0 Å². The summed E-state index contributed by atoms with van der Waals surface area (Å²) in [6.45, 7) is 1.14. The van der Waals surface area contributed by atoms with Gasteiger partial charge in [0.15, 0.2) is 6.61 Å². The molecule has 0 N–H and O–H groups in total. The number of carbonyl (C=O) groups is 1. The molecule has 66 valence electrons. The van der Waals surface area contributed by atoms with Crippen molar-refractivity contribution >= 4 is 5.97 Å². The van der Waals surface area contributed by atoms with Crippen LogP contribution in [0.4, 0.5) is 8.78 Å². The summed E-state index contributed by atoms with van der Waals surface area (Å²) in [4.78, 5) is 10.6. The van der Waals surface area contributed by atoms with Crippen LogP contribution in [0.15, 0.2) is 0 Å². The first-order valence-electron chi connectivity index (χ1n) is 3.60. The Bertz CT molecular complexity index is 115. The molecule has 0 fully saturated rings. The Hall–Kier alpha value is -0.670. The maximum Gasteiger partial charge on any atom is 0.305 e. The monoisotopic (exact) mass is 166 g/mol. The average Bonchev–Trinajstić information content (AvgIpc) is 1.97. The van der Waals surface area contributed by atoms with Gasteiger partial charge in [0.05, 0.1) is 0 Å². The number of alkyl halides is 2. The largest absolute Gasteiger partial charge is 0.460 e. The van der Waals surface area contributed by atoms with Crippen LogP contribution in [-0.4, -0.2) is 19.0 Å². The Morgan fingerprint density at radius 2 is 2.18 bits per heavy atom. The number of carbonyl (C=O) groups excluding carboxylic acids is 1. The Morgan fingerprint density at radius 3 is 2.64 bits per heavy atom. The van der Waals surface area contributed by atoms with E-state index in [0.29, 0.717) is 6.42 Å². The van der Waals surface area contributed by atoms with Crippen LogP contribution < -0.4 is 0 Å². The van der Waals surface area contributed by atoms with Crippen molar-refractivity contribution in [3.05, 3.63) is 0 Å². The summed E-state index contributed by atoms with van der Waals surface area (Å²) in [5, 5.41) is 0. The molecule has 0 aromatic heterocycles. The van der Waals surface area contributed by atoms with E-state index in [9.17, 15) is 13.6 Å². The summed E-state index contributed by atoms with van der Waals surface area (Å²) in [7, 11) is 0. The van der Waals surface area contributed by atoms with Crippen molar-refractivity contribution in [3.63, 3.8) is 0 Å². The van der Waals surface area contributed by atoms with Gasteiger partial charge in [-0.1, -0.05) is 13.3 Å². The van der Waals surface area contributed by atoms with Crippen molar-refractivity contribution < 1.29 is 18.3 Å². The first-order chi connectivity index (χ1) is 5.16. The van der Waals surface area contributed by atoms with Crippen molar-refractivity contribution in [2.45, 2.75) is 32.6 Å². The van der Waals surface area contributed by atoms with Gasteiger partial charge in [0, 0.05) is 6.42 Å². The molecule has 0 spiro atoms. The third kappa shape index (κ3) is 7.22. The van der Waals surface area contributed by atoms with Crippen LogP contribution in [-0.2, 0) is 9.53 Å². The minimum atomic E-state index is -2.56. The van der Waals surface area contributed by atoms with Crippen LogP contribution in [0.1, 0.15) is 26.2 Å². The molecule has 0 aromatic rings. The van der Waals surface area contributed by atoms with Gasteiger partial charge >= 0.3 is 5.97 Å². The molecule has 0 aromatic carbocycles. The minimum Gasteiger partial charge on any atom is -0.460 e. The van der Waals surface area contributed by atoms with E-state index in [0.717, 1.165) is 6.42 Å². The van der Waals surface area contributed by atoms with Gasteiger partial charge in [-0.3, -0.25) is 4.79 Å². The van der Waals surface area contributed by atoms with Crippen LogP contribution in [0.25, 0.3) is 0 Å². The highest BCUT2D eigenvalue weighted by molar-refractivity contribution is 5.69. The van der Waals surface area contributed by atoms with Crippen LogP contribution in [0.2, 0.25) is 0 Å². The summed E-state index contributed by atoms with van der Waals surface area (Å²) in [6.07, 6.45) is -0.754. The normalized spacial score (nSPS) is 10.2. The maximum atomic E-state index is 11.4. The summed E-state index contributed by atoms with van der Waals surface area (Å²) >= 11 is 0. The molecule has 0 amide bonds. The molecule has 4 heteroatoms. The van der Waals surface area contributed by atoms with E-state index >= 15 is 0 Å². The van der Waals surface area contributed by atoms with E-state index in [2.05, 4.69) is 4.74 Å². The van der Waals surface area contributed by atoms with Gasteiger partial charge in [0.1, 0.15) is 0 Å². The molecule has 11 heavy (non-hydrogen) atoms. The van der Waals surface area contributed by atoms with Crippen LogP contribution in [0, 0.1) is 0 Å².